The van der Waals surface area contributed by atoms with Crippen LogP contribution in [0.25, 0.3) is 0 Å². The fraction of sp³-hybridized carbons (Fsp3) is 0.143. The van der Waals surface area contributed by atoms with Crippen LogP contribution in [-0.2, 0) is 11.2 Å². The summed E-state index contributed by atoms with van der Waals surface area (Å²) in [5.74, 6) is 5.29. The molecule has 3 nitrogen and oxygen atoms in total. The predicted octanol–water partition coefficient (Wildman–Crippen LogP) is 2.56. The molecule has 1 aromatic carbocycles. The molecular formula is C14H11NO2S. The van der Waals surface area contributed by atoms with E-state index in [4.69, 9.17) is 5.11 Å². The van der Waals surface area contributed by atoms with Gasteiger partial charge < -0.3 is 5.11 Å². The number of benzene rings is 1. The molecule has 0 atom stereocenters. The molecule has 1 heterocycles. The van der Waals surface area contributed by atoms with E-state index in [1.807, 2.05) is 24.3 Å². The van der Waals surface area contributed by atoms with Gasteiger partial charge in [-0.05, 0) is 30.0 Å². The molecule has 0 aliphatic heterocycles. The van der Waals surface area contributed by atoms with Crippen LogP contribution in [0.1, 0.15) is 22.4 Å². The third-order valence-electron chi connectivity index (χ3n) is 2.34. The Balaban J connectivity index is 2.01. The number of aryl methyl sites for hydroxylation is 1. The molecule has 0 unspecified atom stereocenters. The van der Waals surface area contributed by atoms with Crippen molar-refractivity contribution in [1.82, 2.24) is 4.98 Å². The van der Waals surface area contributed by atoms with Gasteiger partial charge in [0.05, 0.1) is 16.6 Å². The minimum atomic E-state index is -0.774. The number of aliphatic carboxylic acids is 1. The van der Waals surface area contributed by atoms with Crippen molar-refractivity contribution in [2.45, 2.75) is 12.8 Å². The first kappa shape index (κ1) is 12.3. The average Bonchev–Trinajstić information content (AvgIpc) is 2.88. The van der Waals surface area contributed by atoms with Crippen molar-refractivity contribution in [3.8, 4) is 11.8 Å². The minimum Gasteiger partial charge on any atom is -0.481 e. The lowest BCUT2D eigenvalue weighted by Crippen LogP contribution is -1.97. The largest absolute Gasteiger partial charge is 0.481 e. The molecule has 0 saturated heterocycles. The summed E-state index contributed by atoms with van der Waals surface area (Å²) in [4.78, 5) is 15.3. The zero-order valence-corrected chi connectivity index (χ0v) is 10.4. The van der Waals surface area contributed by atoms with E-state index in [9.17, 15) is 4.79 Å². The van der Waals surface area contributed by atoms with Gasteiger partial charge in [0.15, 0.2) is 0 Å². The highest BCUT2D eigenvalue weighted by Crippen LogP contribution is 2.07. The van der Waals surface area contributed by atoms with Gasteiger partial charge in [-0.15, -0.1) is 11.3 Å². The van der Waals surface area contributed by atoms with Crippen LogP contribution in [0.4, 0.5) is 0 Å². The van der Waals surface area contributed by atoms with Gasteiger partial charge in [0, 0.05) is 12.0 Å². The van der Waals surface area contributed by atoms with E-state index in [0.717, 1.165) is 16.0 Å². The van der Waals surface area contributed by atoms with Crippen LogP contribution < -0.4 is 0 Å². The highest BCUT2D eigenvalue weighted by atomic mass is 32.1. The summed E-state index contributed by atoms with van der Waals surface area (Å²) in [6.45, 7) is 0. The first-order valence-corrected chi connectivity index (χ1v) is 6.33. The van der Waals surface area contributed by atoms with Gasteiger partial charge in [-0.1, -0.05) is 18.1 Å². The molecule has 0 aliphatic carbocycles. The molecule has 4 heteroatoms. The number of thiazole rings is 1. The molecule has 0 spiro atoms. The zero-order valence-electron chi connectivity index (χ0n) is 9.59. The fourth-order valence-corrected chi connectivity index (χ4v) is 1.88. The van der Waals surface area contributed by atoms with Gasteiger partial charge in [0.25, 0.3) is 0 Å². The fourth-order valence-electron chi connectivity index (χ4n) is 1.42. The number of hydrogen-bond donors (Lipinski definition) is 1. The first-order valence-electron chi connectivity index (χ1n) is 5.45. The Kier molecular flexibility index (Phi) is 4.11. The molecule has 2 aromatic rings. The summed E-state index contributed by atoms with van der Waals surface area (Å²) >= 11 is 1.51. The lowest BCUT2D eigenvalue weighted by Gasteiger charge is -1.98. The Morgan fingerprint density at radius 1 is 1.28 bits per heavy atom. The summed E-state index contributed by atoms with van der Waals surface area (Å²) in [5.41, 5.74) is 3.68. The van der Waals surface area contributed by atoms with E-state index in [2.05, 4.69) is 16.8 Å². The van der Waals surface area contributed by atoms with E-state index in [0.29, 0.717) is 6.42 Å². The first-order chi connectivity index (χ1) is 8.74. The molecule has 0 aliphatic rings. The van der Waals surface area contributed by atoms with Gasteiger partial charge in [0.2, 0.25) is 0 Å². The normalized spacial score (nSPS) is 9.56. The van der Waals surface area contributed by atoms with E-state index >= 15 is 0 Å². The maximum atomic E-state index is 10.4. The molecule has 0 saturated carbocycles. The van der Waals surface area contributed by atoms with Crippen LogP contribution in [-0.4, -0.2) is 16.1 Å². The van der Waals surface area contributed by atoms with Crippen molar-refractivity contribution in [2.24, 2.45) is 0 Å². The Hall–Kier alpha value is -2.12. The minimum absolute atomic E-state index is 0.159. The smallest absolute Gasteiger partial charge is 0.303 e. The third-order valence-corrected chi connectivity index (χ3v) is 3.03. The van der Waals surface area contributed by atoms with Gasteiger partial charge in [-0.25, -0.2) is 0 Å². The topological polar surface area (TPSA) is 50.2 Å². The Morgan fingerprint density at radius 3 is 2.67 bits per heavy atom. The standard InChI is InChI=1S/C14H11NO2S/c16-14(17)8-6-12-3-1-11(2-4-12)5-7-13-9-15-10-18-13/h1-4,9-10H,6,8H2,(H,16,17). The number of rotatable bonds is 3. The van der Waals surface area contributed by atoms with Gasteiger partial charge >= 0.3 is 5.97 Å². The summed E-state index contributed by atoms with van der Waals surface area (Å²) in [5, 5.41) is 8.59. The van der Waals surface area contributed by atoms with Crippen molar-refractivity contribution in [1.29, 1.82) is 0 Å². The van der Waals surface area contributed by atoms with Gasteiger partial charge in [-0.2, -0.15) is 0 Å². The molecule has 1 N–H and O–H groups in total. The number of carboxylic acid groups (broad SMARTS) is 1. The average molecular weight is 257 g/mol. The van der Waals surface area contributed by atoms with Crippen molar-refractivity contribution in [2.75, 3.05) is 0 Å². The Morgan fingerprint density at radius 2 is 2.06 bits per heavy atom. The highest BCUT2D eigenvalue weighted by molar-refractivity contribution is 7.10. The molecule has 0 fully saturated rings. The number of carbonyl (C=O) groups is 1. The zero-order chi connectivity index (χ0) is 12.8. The quantitative estimate of drug-likeness (QED) is 0.860. The van der Waals surface area contributed by atoms with Crippen molar-refractivity contribution < 1.29 is 9.90 Å². The number of carboxylic acids is 1. The Bertz CT molecular complexity index is 577. The van der Waals surface area contributed by atoms with E-state index in [1.165, 1.54) is 11.3 Å². The lowest BCUT2D eigenvalue weighted by molar-refractivity contribution is -0.136. The predicted molar refractivity (Wildman–Crippen MR) is 70.5 cm³/mol. The molecule has 0 amide bonds. The lowest BCUT2D eigenvalue weighted by atomic mass is 10.1. The van der Waals surface area contributed by atoms with E-state index in [-0.39, 0.29) is 6.42 Å². The third kappa shape index (κ3) is 3.72. The molecule has 0 radical (unpaired) electrons. The molecule has 1 aromatic heterocycles. The van der Waals surface area contributed by atoms with Crippen molar-refractivity contribution in [3.63, 3.8) is 0 Å². The second kappa shape index (κ2) is 5.99. The van der Waals surface area contributed by atoms with Crippen LogP contribution in [0.3, 0.4) is 0 Å². The molecule has 0 bridgehead atoms. The van der Waals surface area contributed by atoms with E-state index < -0.39 is 5.97 Å². The van der Waals surface area contributed by atoms with Crippen LogP contribution >= 0.6 is 11.3 Å². The maximum Gasteiger partial charge on any atom is 0.303 e. The number of hydrogen-bond acceptors (Lipinski definition) is 3. The van der Waals surface area contributed by atoms with Crippen LogP contribution in [0.5, 0.6) is 0 Å². The van der Waals surface area contributed by atoms with Crippen molar-refractivity contribution >= 4 is 17.3 Å². The summed E-state index contributed by atoms with van der Waals surface area (Å²) < 4.78 is 0. The maximum absolute atomic E-state index is 10.4. The SMILES string of the molecule is O=C(O)CCc1ccc(C#Cc2cncs2)cc1. The molecular weight excluding hydrogens is 246 g/mol. The van der Waals surface area contributed by atoms with Crippen LogP contribution in [0, 0.1) is 11.8 Å². The molecule has 18 heavy (non-hydrogen) atoms. The second-order valence-electron chi connectivity index (χ2n) is 3.71. The molecule has 2 rings (SSSR count). The van der Waals surface area contributed by atoms with Crippen LogP contribution in [0.2, 0.25) is 0 Å². The second-order valence-corrected chi connectivity index (χ2v) is 4.59. The highest BCUT2D eigenvalue weighted by Gasteiger charge is 1.98. The monoisotopic (exact) mass is 257 g/mol. The van der Waals surface area contributed by atoms with E-state index in [1.54, 1.807) is 11.7 Å². The number of aromatic nitrogens is 1. The number of nitrogens with zero attached hydrogens (tertiary/aromatic N) is 1. The summed E-state index contributed by atoms with van der Waals surface area (Å²) in [7, 11) is 0. The van der Waals surface area contributed by atoms with Gasteiger partial charge in [0.1, 0.15) is 0 Å². The van der Waals surface area contributed by atoms with Crippen molar-refractivity contribution in [3.05, 3.63) is 52.0 Å². The molecule has 90 valence electrons. The summed E-state index contributed by atoms with van der Waals surface area (Å²) in [6.07, 6.45) is 2.45. The Labute approximate surface area is 109 Å². The summed E-state index contributed by atoms with van der Waals surface area (Å²) in [6, 6.07) is 7.65. The van der Waals surface area contributed by atoms with Gasteiger partial charge in [-0.3, -0.25) is 9.78 Å². The van der Waals surface area contributed by atoms with Crippen LogP contribution in [0.15, 0.2) is 36.0 Å².